The number of hydrogen-bond donors (Lipinski definition) is 3. The molecule has 2 aliphatic heterocycles. The topological polar surface area (TPSA) is 246 Å². The molecular formula is C48H88N6O16S. The van der Waals surface area contributed by atoms with Crippen LogP contribution >= 0.6 is 11.8 Å². The molecule has 3 amide bonds. The molecule has 2 fully saturated rings. The van der Waals surface area contributed by atoms with E-state index in [-0.39, 0.29) is 49.6 Å². The number of thioether (sulfide) groups is 1. The Morgan fingerprint density at radius 3 is 1.69 bits per heavy atom. The summed E-state index contributed by atoms with van der Waals surface area (Å²) >= 11 is 1.91. The Balaban J connectivity index is 0.0000173. The molecule has 0 radical (unpaired) electrons. The van der Waals surface area contributed by atoms with Crippen LogP contribution in [0.15, 0.2) is 6.20 Å². The fourth-order valence-electron chi connectivity index (χ4n) is 6.83. The van der Waals surface area contributed by atoms with Gasteiger partial charge in [-0.3, -0.25) is 14.4 Å². The van der Waals surface area contributed by atoms with Crippen LogP contribution in [0.2, 0.25) is 0 Å². The highest BCUT2D eigenvalue weighted by Gasteiger charge is 2.42. The standard InChI is InChI=1S/C47H84N6O16S.CH4/c1-47(2,3)69-44(56)9-6-15-58-19-23-62-27-31-66-33-29-64-25-21-60-17-13-48-43(55)12-16-59-20-24-63-28-32-67-35-36-68-34-30-65-26-22-61-18-14-53-37-39(51-52-53)10-11-40(54)7-4-5-8-42-45-41(38-70-42)49-46(57)50-45;/h37,41-42,45H,4-36,38H2,1-3H3,(H,48,55)(H2,49,50,57);1H4/t41-,42+,45-;/m1./s1. The predicted molar refractivity (Wildman–Crippen MR) is 266 cm³/mol. The molecule has 2 saturated heterocycles. The van der Waals surface area contributed by atoms with Crippen LogP contribution in [0.5, 0.6) is 0 Å². The molecule has 0 spiro atoms. The number of unbranched alkanes of at least 4 members (excludes halogenated alkanes) is 1. The number of nitrogens with zero attached hydrogens (tertiary/aromatic N) is 3. The van der Waals surface area contributed by atoms with Crippen LogP contribution in [-0.2, 0) is 84.2 Å². The van der Waals surface area contributed by atoms with Crippen molar-refractivity contribution in [3.63, 3.8) is 0 Å². The van der Waals surface area contributed by atoms with E-state index in [2.05, 4.69) is 26.3 Å². The summed E-state index contributed by atoms with van der Waals surface area (Å²) in [6.07, 6.45) is 7.56. The molecule has 2 aliphatic rings. The largest absolute Gasteiger partial charge is 0.460 e. The van der Waals surface area contributed by atoms with Gasteiger partial charge in [0.2, 0.25) is 5.91 Å². The number of aryl methyl sites for hydroxylation is 1. The fraction of sp³-hybridized carbons (Fsp3) is 0.875. The van der Waals surface area contributed by atoms with E-state index >= 15 is 0 Å². The van der Waals surface area contributed by atoms with Crippen molar-refractivity contribution in [3.8, 4) is 0 Å². The maximum Gasteiger partial charge on any atom is 0.315 e. The highest BCUT2D eigenvalue weighted by atomic mass is 32.2. The van der Waals surface area contributed by atoms with E-state index in [1.165, 1.54) is 0 Å². The summed E-state index contributed by atoms with van der Waals surface area (Å²) in [7, 11) is 0. The minimum Gasteiger partial charge on any atom is -0.460 e. The molecule has 0 aliphatic carbocycles. The summed E-state index contributed by atoms with van der Waals surface area (Å²) in [6, 6.07) is 0.390. The number of nitrogens with one attached hydrogen (secondary N) is 3. The van der Waals surface area contributed by atoms with Gasteiger partial charge in [0.15, 0.2) is 0 Å². The number of hydrogen-bond acceptors (Lipinski definition) is 19. The minimum atomic E-state index is -0.464. The van der Waals surface area contributed by atoms with Crippen molar-refractivity contribution in [1.29, 1.82) is 0 Å². The van der Waals surface area contributed by atoms with Gasteiger partial charge in [-0.1, -0.05) is 19.1 Å². The van der Waals surface area contributed by atoms with Crippen LogP contribution in [0.4, 0.5) is 4.79 Å². The number of ketones is 1. The lowest BCUT2D eigenvalue weighted by molar-refractivity contribution is -0.155. The number of carbonyl (C=O) groups is 4. The van der Waals surface area contributed by atoms with Gasteiger partial charge in [0.05, 0.1) is 163 Å². The number of ether oxygens (including phenoxy) is 12. The van der Waals surface area contributed by atoms with Gasteiger partial charge in [0, 0.05) is 56.0 Å². The van der Waals surface area contributed by atoms with Gasteiger partial charge < -0.3 is 72.8 Å². The van der Waals surface area contributed by atoms with Crippen molar-refractivity contribution < 1.29 is 76.0 Å². The first kappa shape index (κ1) is 64.0. The molecule has 3 rings (SSSR count). The number of aromatic nitrogens is 3. The Bertz CT molecular complexity index is 1510. The normalized spacial score (nSPS) is 16.4. The predicted octanol–water partition coefficient (Wildman–Crippen LogP) is 2.95. The smallest absolute Gasteiger partial charge is 0.315 e. The van der Waals surface area contributed by atoms with Crippen molar-refractivity contribution in [2.24, 2.45) is 0 Å². The Kier molecular flexibility index (Phi) is 38.2. The zero-order chi connectivity index (χ0) is 50.2. The third-order valence-corrected chi connectivity index (χ3v) is 11.8. The average molecular weight is 1040 g/mol. The van der Waals surface area contributed by atoms with Crippen molar-refractivity contribution in [2.75, 3.05) is 158 Å². The Morgan fingerprint density at radius 2 is 1.14 bits per heavy atom. The maximum absolute atomic E-state index is 12.4. The number of carbonyl (C=O) groups excluding carboxylic acids is 4. The maximum atomic E-state index is 12.4. The van der Waals surface area contributed by atoms with E-state index in [1.807, 2.05) is 38.7 Å². The molecule has 23 heteroatoms. The molecule has 0 bridgehead atoms. The molecule has 1 aromatic rings. The summed E-state index contributed by atoms with van der Waals surface area (Å²) in [6.45, 7) is 16.2. The lowest BCUT2D eigenvalue weighted by Gasteiger charge is -2.19. The van der Waals surface area contributed by atoms with Gasteiger partial charge in [-0.2, -0.15) is 11.8 Å². The molecule has 22 nitrogen and oxygen atoms in total. The van der Waals surface area contributed by atoms with Gasteiger partial charge in [-0.25, -0.2) is 9.48 Å². The quantitative estimate of drug-likeness (QED) is 0.0483. The third-order valence-electron chi connectivity index (χ3n) is 10.3. The Morgan fingerprint density at radius 1 is 0.634 bits per heavy atom. The number of rotatable bonds is 48. The van der Waals surface area contributed by atoms with Crippen LogP contribution in [0.3, 0.4) is 0 Å². The first-order chi connectivity index (χ1) is 34.1. The summed E-state index contributed by atoms with van der Waals surface area (Å²) in [5.41, 5.74) is 0.337. The lowest BCUT2D eigenvalue weighted by atomic mass is 10.0. The number of amides is 3. The molecule has 1 aromatic heterocycles. The fourth-order valence-corrected chi connectivity index (χ4v) is 8.38. The zero-order valence-corrected chi connectivity index (χ0v) is 42.9. The summed E-state index contributed by atoms with van der Waals surface area (Å²) in [4.78, 5) is 47.6. The molecule has 3 N–H and O–H groups in total. The van der Waals surface area contributed by atoms with Gasteiger partial charge >= 0.3 is 12.0 Å². The molecule has 412 valence electrons. The van der Waals surface area contributed by atoms with Crippen molar-refractivity contribution >= 4 is 35.5 Å². The molecule has 0 unspecified atom stereocenters. The lowest BCUT2D eigenvalue weighted by Crippen LogP contribution is -2.36. The van der Waals surface area contributed by atoms with Crippen LogP contribution < -0.4 is 16.0 Å². The number of urea groups is 1. The zero-order valence-electron chi connectivity index (χ0n) is 42.1. The molecule has 0 saturated carbocycles. The second-order valence-corrected chi connectivity index (χ2v) is 18.7. The van der Waals surface area contributed by atoms with Crippen LogP contribution in [-0.4, -0.2) is 219 Å². The number of Topliss-reactive ketones (excluding diaryl/α,β-unsaturated/α-hetero) is 1. The highest BCUT2D eigenvalue weighted by molar-refractivity contribution is 8.00. The van der Waals surface area contributed by atoms with E-state index in [1.54, 1.807) is 4.68 Å². The van der Waals surface area contributed by atoms with Crippen LogP contribution in [0.25, 0.3) is 0 Å². The number of esters is 1. The molecular weight excluding hydrogens is 949 g/mol. The first-order valence-electron chi connectivity index (χ1n) is 25.0. The third kappa shape index (κ3) is 35.7. The minimum absolute atomic E-state index is 0. The van der Waals surface area contributed by atoms with E-state index in [4.69, 9.17) is 56.8 Å². The Labute approximate surface area is 426 Å². The molecule has 3 heterocycles. The summed E-state index contributed by atoms with van der Waals surface area (Å²) < 4.78 is 67.5. The van der Waals surface area contributed by atoms with Gasteiger partial charge in [-0.05, 0) is 46.5 Å². The molecule has 0 aromatic carbocycles. The number of fused-ring (bicyclic) bond motifs is 1. The molecule has 71 heavy (non-hydrogen) atoms. The van der Waals surface area contributed by atoms with E-state index in [9.17, 15) is 19.2 Å². The van der Waals surface area contributed by atoms with E-state index < -0.39 is 5.60 Å². The van der Waals surface area contributed by atoms with Crippen molar-refractivity contribution in [3.05, 3.63) is 11.9 Å². The summed E-state index contributed by atoms with van der Waals surface area (Å²) in [5, 5.41) is 17.5. The van der Waals surface area contributed by atoms with Gasteiger partial charge in [-0.15, -0.1) is 5.10 Å². The highest BCUT2D eigenvalue weighted by Crippen LogP contribution is 2.33. The van der Waals surface area contributed by atoms with E-state index in [0.717, 1.165) is 30.7 Å². The van der Waals surface area contributed by atoms with Crippen LogP contribution in [0, 0.1) is 0 Å². The Hall–Kier alpha value is -3.07. The average Bonchev–Trinajstić information content (AvgIpc) is 4.05. The first-order valence-corrected chi connectivity index (χ1v) is 26.1. The van der Waals surface area contributed by atoms with Crippen molar-refractivity contribution in [1.82, 2.24) is 30.9 Å². The van der Waals surface area contributed by atoms with Crippen LogP contribution in [0.1, 0.15) is 85.3 Å². The van der Waals surface area contributed by atoms with Gasteiger partial charge in [0.25, 0.3) is 0 Å². The SMILES string of the molecule is C.CC(C)(C)OC(=O)CCCOCCOCCOCCOCCOCCNC(=O)CCOCCOCCOCCOCCOCCOCCn1cc(CCC(=O)CCCC[C@@H]2SC[C@H]3NC(=O)N[C@@H]23)nn1. The van der Waals surface area contributed by atoms with Crippen molar-refractivity contribution in [2.45, 2.75) is 115 Å². The summed E-state index contributed by atoms with van der Waals surface area (Å²) in [5.74, 6) is 0.877. The monoisotopic (exact) mass is 1040 g/mol. The van der Waals surface area contributed by atoms with Gasteiger partial charge in [0.1, 0.15) is 11.4 Å². The molecule has 3 atom stereocenters. The second-order valence-electron chi connectivity index (χ2n) is 17.4. The second kappa shape index (κ2) is 42.3. The van der Waals surface area contributed by atoms with E-state index in [0.29, 0.717) is 196 Å².